The molecule has 0 spiro atoms. The molecule has 116 valence electrons. The molecule has 5 heteroatoms. The second kappa shape index (κ2) is 7.54. The minimum Gasteiger partial charge on any atom is -0.351 e. The smallest absolute Gasteiger partial charge is 0.244 e. The number of benzene rings is 1. The van der Waals surface area contributed by atoms with E-state index in [1.165, 1.54) is 18.2 Å². The number of rotatable bonds is 6. The number of hydrogen-bond donors (Lipinski definition) is 1. The molecule has 1 aromatic carbocycles. The molecule has 0 saturated heterocycles. The van der Waals surface area contributed by atoms with Crippen LogP contribution in [0.15, 0.2) is 42.7 Å². The second-order valence-electron chi connectivity index (χ2n) is 5.28. The zero-order valence-corrected chi connectivity index (χ0v) is 12.8. The van der Waals surface area contributed by atoms with Gasteiger partial charge in [-0.25, -0.2) is 9.37 Å². The number of halogens is 1. The molecule has 0 aliphatic rings. The lowest BCUT2D eigenvalue weighted by atomic mass is 10.2. The Morgan fingerprint density at radius 3 is 2.91 bits per heavy atom. The molecule has 2 aromatic rings. The third kappa shape index (κ3) is 4.28. The van der Waals surface area contributed by atoms with Crippen molar-refractivity contribution in [3.05, 3.63) is 59.9 Å². The quantitative estimate of drug-likeness (QED) is 0.834. The first-order valence-corrected chi connectivity index (χ1v) is 7.29. The average Bonchev–Trinajstić information content (AvgIpc) is 2.95. The van der Waals surface area contributed by atoms with Crippen molar-refractivity contribution in [2.75, 3.05) is 6.54 Å². The number of nitrogens with one attached hydrogen (secondary N) is 1. The maximum atomic E-state index is 13.4. The zero-order chi connectivity index (χ0) is 15.9. The lowest BCUT2D eigenvalue weighted by Gasteiger charge is -2.10. The van der Waals surface area contributed by atoms with E-state index in [0.29, 0.717) is 24.6 Å². The molecule has 0 aliphatic heterocycles. The van der Waals surface area contributed by atoms with E-state index in [9.17, 15) is 9.18 Å². The van der Waals surface area contributed by atoms with Crippen LogP contribution in [-0.2, 0) is 11.3 Å². The highest BCUT2D eigenvalue weighted by molar-refractivity contribution is 5.91. The third-order valence-corrected chi connectivity index (χ3v) is 3.24. The van der Waals surface area contributed by atoms with E-state index in [4.69, 9.17) is 0 Å². The van der Waals surface area contributed by atoms with Crippen LogP contribution in [0.2, 0.25) is 0 Å². The van der Waals surface area contributed by atoms with Gasteiger partial charge in [0.25, 0.3) is 0 Å². The lowest BCUT2D eigenvalue weighted by molar-refractivity contribution is -0.116. The van der Waals surface area contributed by atoms with Crippen LogP contribution in [0.4, 0.5) is 4.39 Å². The molecular weight excluding hydrogens is 281 g/mol. The minimum atomic E-state index is -0.341. The van der Waals surface area contributed by atoms with Gasteiger partial charge >= 0.3 is 0 Å². The molecule has 0 aliphatic carbocycles. The Morgan fingerprint density at radius 1 is 1.41 bits per heavy atom. The third-order valence-electron chi connectivity index (χ3n) is 3.24. The van der Waals surface area contributed by atoms with Gasteiger partial charge in [0.15, 0.2) is 0 Å². The first-order valence-electron chi connectivity index (χ1n) is 7.29. The van der Waals surface area contributed by atoms with Crippen LogP contribution in [0.3, 0.4) is 0 Å². The van der Waals surface area contributed by atoms with Crippen molar-refractivity contribution in [1.29, 1.82) is 0 Å². The Morgan fingerprint density at radius 2 is 2.18 bits per heavy atom. The van der Waals surface area contributed by atoms with E-state index in [1.54, 1.807) is 24.4 Å². The summed E-state index contributed by atoms with van der Waals surface area (Å²) in [5.41, 5.74) is 0.398. The number of nitrogens with zero attached hydrogens (tertiary/aromatic N) is 2. The monoisotopic (exact) mass is 301 g/mol. The highest BCUT2D eigenvalue weighted by Crippen LogP contribution is 2.11. The van der Waals surface area contributed by atoms with E-state index < -0.39 is 0 Å². The fourth-order valence-electron chi connectivity index (χ4n) is 2.14. The van der Waals surface area contributed by atoms with E-state index >= 15 is 0 Å². The summed E-state index contributed by atoms with van der Waals surface area (Å²) in [5.74, 6) is 0.754. The number of carbonyl (C=O) groups excluding carboxylic acids is 1. The van der Waals surface area contributed by atoms with Crippen molar-refractivity contribution in [2.45, 2.75) is 26.3 Å². The minimum absolute atomic E-state index is 0.241. The van der Waals surface area contributed by atoms with Crippen LogP contribution in [0.5, 0.6) is 0 Å². The largest absolute Gasteiger partial charge is 0.351 e. The summed E-state index contributed by atoms with van der Waals surface area (Å²) in [6, 6.07) is 6.33. The fourth-order valence-corrected chi connectivity index (χ4v) is 2.14. The Labute approximate surface area is 129 Å². The fraction of sp³-hybridized carbons (Fsp3) is 0.294. The lowest BCUT2D eigenvalue weighted by Crippen LogP contribution is -2.25. The van der Waals surface area contributed by atoms with Crippen LogP contribution >= 0.6 is 0 Å². The number of aromatic nitrogens is 2. The molecule has 0 atom stereocenters. The van der Waals surface area contributed by atoms with Gasteiger partial charge < -0.3 is 9.88 Å². The Hall–Kier alpha value is -2.43. The summed E-state index contributed by atoms with van der Waals surface area (Å²) in [6.07, 6.45) is 6.48. The van der Waals surface area contributed by atoms with E-state index in [-0.39, 0.29) is 11.7 Å². The zero-order valence-electron chi connectivity index (χ0n) is 12.8. The number of hydrogen-bond acceptors (Lipinski definition) is 2. The summed E-state index contributed by atoms with van der Waals surface area (Å²) in [6.45, 7) is 5.31. The molecule has 1 N–H and O–H groups in total. The molecule has 2 rings (SSSR count). The van der Waals surface area contributed by atoms with Gasteiger partial charge in [-0.1, -0.05) is 32.0 Å². The molecule has 22 heavy (non-hydrogen) atoms. The van der Waals surface area contributed by atoms with Crippen LogP contribution in [-0.4, -0.2) is 22.0 Å². The molecule has 4 nitrogen and oxygen atoms in total. The summed E-state index contributed by atoms with van der Waals surface area (Å²) < 4.78 is 15.4. The number of carbonyl (C=O) groups is 1. The molecule has 1 amide bonds. The van der Waals surface area contributed by atoms with E-state index in [0.717, 1.165) is 5.82 Å². The predicted molar refractivity (Wildman–Crippen MR) is 84.8 cm³/mol. The summed E-state index contributed by atoms with van der Waals surface area (Å²) in [7, 11) is 0. The number of imidazole rings is 1. The van der Waals surface area contributed by atoms with E-state index in [1.807, 2.05) is 10.8 Å². The first-order chi connectivity index (χ1) is 10.6. The molecule has 1 aromatic heterocycles. The maximum Gasteiger partial charge on any atom is 0.244 e. The van der Waals surface area contributed by atoms with Gasteiger partial charge in [0, 0.05) is 43.0 Å². The predicted octanol–water partition coefficient (Wildman–Crippen LogP) is 2.98. The van der Waals surface area contributed by atoms with Crippen molar-refractivity contribution >= 4 is 12.0 Å². The Kier molecular flexibility index (Phi) is 5.47. The van der Waals surface area contributed by atoms with Gasteiger partial charge in [-0.2, -0.15) is 0 Å². The van der Waals surface area contributed by atoms with Crippen LogP contribution in [0.25, 0.3) is 6.08 Å². The molecule has 0 saturated carbocycles. The first kappa shape index (κ1) is 15.9. The SMILES string of the molecule is CC(C)c1nccn1CCNC(=O)/C=C/c1ccccc1F. The molecule has 0 bridgehead atoms. The maximum absolute atomic E-state index is 13.4. The van der Waals surface area contributed by atoms with Crippen LogP contribution in [0, 0.1) is 5.82 Å². The van der Waals surface area contributed by atoms with Gasteiger partial charge in [-0.15, -0.1) is 0 Å². The van der Waals surface area contributed by atoms with Crippen molar-refractivity contribution < 1.29 is 9.18 Å². The van der Waals surface area contributed by atoms with Crippen LogP contribution < -0.4 is 5.32 Å². The summed E-state index contributed by atoms with van der Waals surface area (Å²) >= 11 is 0. The molecule has 0 radical (unpaired) electrons. The van der Waals surface area contributed by atoms with Crippen molar-refractivity contribution in [3.8, 4) is 0 Å². The Bertz CT molecular complexity index is 661. The van der Waals surface area contributed by atoms with Crippen molar-refractivity contribution in [3.63, 3.8) is 0 Å². The van der Waals surface area contributed by atoms with E-state index in [2.05, 4.69) is 24.1 Å². The summed E-state index contributed by atoms with van der Waals surface area (Å²) in [5, 5.41) is 2.78. The topological polar surface area (TPSA) is 46.9 Å². The van der Waals surface area contributed by atoms with Crippen LogP contribution in [0.1, 0.15) is 31.2 Å². The molecule has 0 unspecified atom stereocenters. The molecular formula is C17H20FN3O. The van der Waals surface area contributed by atoms with Gasteiger partial charge in [0.1, 0.15) is 11.6 Å². The molecule has 1 heterocycles. The Balaban J connectivity index is 1.83. The normalized spacial score (nSPS) is 11.3. The van der Waals surface area contributed by atoms with Gasteiger partial charge in [0.2, 0.25) is 5.91 Å². The van der Waals surface area contributed by atoms with Crippen molar-refractivity contribution in [2.24, 2.45) is 0 Å². The standard InChI is InChI=1S/C17H20FN3O/c1-13(2)17-20-10-12-21(17)11-9-19-16(22)8-7-14-5-3-4-6-15(14)18/h3-8,10,12-13H,9,11H2,1-2H3,(H,19,22)/b8-7+. The number of amides is 1. The highest BCUT2D eigenvalue weighted by Gasteiger charge is 2.06. The second-order valence-corrected chi connectivity index (χ2v) is 5.28. The van der Waals surface area contributed by atoms with Gasteiger partial charge in [-0.05, 0) is 12.1 Å². The highest BCUT2D eigenvalue weighted by atomic mass is 19.1. The van der Waals surface area contributed by atoms with Gasteiger partial charge in [-0.3, -0.25) is 4.79 Å². The van der Waals surface area contributed by atoms with Crippen molar-refractivity contribution in [1.82, 2.24) is 14.9 Å². The average molecular weight is 301 g/mol. The molecule has 0 fully saturated rings. The summed E-state index contributed by atoms with van der Waals surface area (Å²) in [4.78, 5) is 16.0. The van der Waals surface area contributed by atoms with Gasteiger partial charge in [0.05, 0.1) is 0 Å².